The summed E-state index contributed by atoms with van der Waals surface area (Å²) in [5.74, 6) is -0.403. The fourth-order valence-corrected chi connectivity index (χ4v) is 3.17. The molecule has 0 fully saturated rings. The van der Waals surface area contributed by atoms with E-state index in [4.69, 9.17) is 9.47 Å². The number of rotatable bonds is 5. The zero-order valence-electron chi connectivity index (χ0n) is 15.7. The van der Waals surface area contributed by atoms with Crippen molar-refractivity contribution in [2.45, 2.75) is 13.5 Å². The number of anilines is 1. The van der Waals surface area contributed by atoms with Crippen molar-refractivity contribution in [3.63, 3.8) is 0 Å². The summed E-state index contributed by atoms with van der Waals surface area (Å²) in [7, 11) is 2.89. The first-order valence-electron chi connectivity index (χ1n) is 8.62. The standard InChI is InChI=1S/C20H18N4O4/c1-12-4-6-13(7-5-12)10-23-11-21-20(22-23)24-18(25)14-8-9-15(27-2)17(28-3)16(14)19(24)26/h4-9,11H,10H2,1-3H3. The molecule has 1 aromatic heterocycles. The van der Waals surface area contributed by atoms with Crippen LogP contribution in [0, 0.1) is 6.92 Å². The fraction of sp³-hybridized carbons (Fsp3) is 0.200. The number of hydrogen-bond acceptors (Lipinski definition) is 6. The van der Waals surface area contributed by atoms with E-state index in [2.05, 4.69) is 10.1 Å². The number of ether oxygens (including phenoxy) is 2. The topological polar surface area (TPSA) is 86.6 Å². The first-order valence-corrected chi connectivity index (χ1v) is 8.62. The van der Waals surface area contributed by atoms with Gasteiger partial charge in [-0.15, -0.1) is 5.10 Å². The normalized spacial score (nSPS) is 13.0. The maximum atomic E-state index is 12.9. The first kappa shape index (κ1) is 17.7. The van der Waals surface area contributed by atoms with Gasteiger partial charge < -0.3 is 9.47 Å². The highest BCUT2D eigenvalue weighted by molar-refractivity contribution is 6.35. The van der Waals surface area contributed by atoms with Crippen LogP contribution in [-0.4, -0.2) is 40.8 Å². The van der Waals surface area contributed by atoms with Gasteiger partial charge in [-0.2, -0.15) is 4.98 Å². The zero-order valence-corrected chi connectivity index (χ0v) is 15.7. The molecule has 0 radical (unpaired) electrons. The van der Waals surface area contributed by atoms with Gasteiger partial charge in [-0.25, -0.2) is 9.58 Å². The summed E-state index contributed by atoms with van der Waals surface area (Å²) in [5.41, 5.74) is 2.59. The second-order valence-electron chi connectivity index (χ2n) is 6.40. The molecule has 2 aromatic carbocycles. The van der Waals surface area contributed by atoms with Crippen molar-refractivity contribution in [1.29, 1.82) is 0 Å². The minimum atomic E-state index is -0.538. The van der Waals surface area contributed by atoms with Gasteiger partial charge in [0.2, 0.25) is 0 Å². The number of carbonyl (C=O) groups excluding carboxylic acids is 2. The third-order valence-corrected chi connectivity index (χ3v) is 4.59. The van der Waals surface area contributed by atoms with Gasteiger partial charge in [0.05, 0.1) is 31.9 Å². The van der Waals surface area contributed by atoms with Gasteiger partial charge in [0.15, 0.2) is 11.5 Å². The maximum Gasteiger partial charge on any atom is 0.272 e. The van der Waals surface area contributed by atoms with E-state index in [1.165, 1.54) is 26.1 Å². The molecule has 142 valence electrons. The second kappa shape index (κ2) is 6.80. The zero-order chi connectivity index (χ0) is 19.8. The number of fused-ring (bicyclic) bond motifs is 1. The van der Waals surface area contributed by atoms with Gasteiger partial charge in [-0.05, 0) is 24.6 Å². The molecule has 1 aliphatic heterocycles. The SMILES string of the molecule is COc1ccc2c(c1OC)C(=O)N(c1ncn(Cc3ccc(C)cc3)n1)C2=O. The van der Waals surface area contributed by atoms with E-state index in [0.29, 0.717) is 12.3 Å². The van der Waals surface area contributed by atoms with Gasteiger partial charge in [-0.1, -0.05) is 29.8 Å². The van der Waals surface area contributed by atoms with Crippen molar-refractivity contribution in [3.8, 4) is 11.5 Å². The predicted molar refractivity (Wildman–Crippen MR) is 101 cm³/mol. The molecule has 0 atom stereocenters. The number of imide groups is 1. The number of carbonyl (C=O) groups is 2. The summed E-state index contributed by atoms with van der Waals surface area (Å²) in [5, 5.41) is 4.31. The van der Waals surface area contributed by atoms with Crippen LogP contribution in [-0.2, 0) is 6.54 Å². The number of aryl methyl sites for hydroxylation is 1. The van der Waals surface area contributed by atoms with E-state index in [1.807, 2.05) is 31.2 Å². The van der Waals surface area contributed by atoms with Gasteiger partial charge >= 0.3 is 0 Å². The van der Waals surface area contributed by atoms with Crippen LogP contribution in [0.2, 0.25) is 0 Å². The Kier molecular flexibility index (Phi) is 4.31. The van der Waals surface area contributed by atoms with Crippen molar-refractivity contribution in [2.75, 3.05) is 19.1 Å². The highest BCUT2D eigenvalue weighted by atomic mass is 16.5. The lowest BCUT2D eigenvalue weighted by molar-refractivity contribution is 0.0923. The number of benzene rings is 2. The number of nitrogens with zero attached hydrogens (tertiary/aromatic N) is 4. The molecule has 8 nitrogen and oxygen atoms in total. The lowest BCUT2D eigenvalue weighted by atomic mass is 10.1. The quantitative estimate of drug-likeness (QED) is 0.634. The van der Waals surface area contributed by atoms with E-state index in [0.717, 1.165) is 10.5 Å². The highest BCUT2D eigenvalue weighted by Crippen LogP contribution is 2.39. The Bertz CT molecular complexity index is 1070. The molecule has 0 N–H and O–H groups in total. The Morgan fingerprint density at radius 2 is 1.71 bits per heavy atom. The molecule has 0 saturated heterocycles. The number of aromatic nitrogens is 3. The first-order chi connectivity index (χ1) is 13.5. The molecular formula is C20H18N4O4. The van der Waals surface area contributed by atoms with Gasteiger partial charge in [0.25, 0.3) is 17.8 Å². The minimum absolute atomic E-state index is 0.0272. The Labute approximate surface area is 161 Å². The fourth-order valence-electron chi connectivity index (χ4n) is 3.17. The molecule has 2 amide bonds. The maximum absolute atomic E-state index is 12.9. The number of methoxy groups -OCH3 is 2. The summed E-state index contributed by atoms with van der Waals surface area (Å²) in [6.45, 7) is 2.50. The van der Waals surface area contributed by atoms with Crippen LogP contribution in [0.3, 0.4) is 0 Å². The largest absolute Gasteiger partial charge is 0.493 e. The van der Waals surface area contributed by atoms with Gasteiger partial charge in [0, 0.05) is 0 Å². The van der Waals surface area contributed by atoms with Crippen LogP contribution < -0.4 is 14.4 Å². The van der Waals surface area contributed by atoms with Crippen LogP contribution in [0.25, 0.3) is 0 Å². The molecule has 4 rings (SSSR count). The average Bonchev–Trinajstić information content (AvgIpc) is 3.25. The van der Waals surface area contributed by atoms with Gasteiger partial charge in [-0.3, -0.25) is 9.59 Å². The lowest BCUT2D eigenvalue weighted by Crippen LogP contribution is -2.30. The third kappa shape index (κ3) is 2.79. The third-order valence-electron chi connectivity index (χ3n) is 4.59. The minimum Gasteiger partial charge on any atom is -0.493 e. The summed E-state index contributed by atoms with van der Waals surface area (Å²) < 4.78 is 12.1. The molecule has 28 heavy (non-hydrogen) atoms. The van der Waals surface area contributed by atoms with Crippen LogP contribution in [0.15, 0.2) is 42.7 Å². The molecule has 0 unspecified atom stereocenters. The van der Waals surface area contributed by atoms with Crippen LogP contribution in [0.1, 0.15) is 31.8 Å². The molecule has 8 heteroatoms. The van der Waals surface area contributed by atoms with Crippen molar-refractivity contribution >= 4 is 17.8 Å². The number of hydrogen-bond donors (Lipinski definition) is 0. The molecule has 3 aromatic rings. The molecule has 0 saturated carbocycles. The monoisotopic (exact) mass is 378 g/mol. The Hall–Kier alpha value is -3.68. The second-order valence-corrected chi connectivity index (χ2v) is 6.40. The lowest BCUT2D eigenvalue weighted by Gasteiger charge is -2.10. The van der Waals surface area contributed by atoms with E-state index in [-0.39, 0.29) is 22.8 Å². The van der Waals surface area contributed by atoms with E-state index >= 15 is 0 Å². The number of amides is 2. The predicted octanol–water partition coefficient (Wildman–Crippen LogP) is 2.45. The summed E-state index contributed by atoms with van der Waals surface area (Å²) in [6.07, 6.45) is 1.50. The van der Waals surface area contributed by atoms with Crippen molar-refractivity contribution in [2.24, 2.45) is 0 Å². The smallest absolute Gasteiger partial charge is 0.272 e. The molecule has 0 spiro atoms. The Balaban J connectivity index is 1.65. The summed E-state index contributed by atoms with van der Waals surface area (Å²) in [6, 6.07) is 11.1. The summed E-state index contributed by atoms with van der Waals surface area (Å²) in [4.78, 5) is 30.9. The molecule has 2 heterocycles. The van der Waals surface area contributed by atoms with E-state index < -0.39 is 11.8 Å². The molecular weight excluding hydrogens is 360 g/mol. The van der Waals surface area contributed by atoms with Crippen LogP contribution >= 0.6 is 0 Å². The van der Waals surface area contributed by atoms with E-state index in [1.54, 1.807) is 16.8 Å². The van der Waals surface area contributed by atoms with Crippen molar-refractivity contribution in [3.05, 3.63) is 65.0 Å². The molecule has 1 aliphatic rings. The van der Waals surface area contributed by atoms with Crippen LogP contribution in [0.5, 0.6) is 11.5 Å². The summed E-state index contributed by atoms with van der Waals surface area (Å²) >= 11 is 0. The molecule has 0 aliphatic carbocycles. The van der Waals surface area contributed by atoms with Crippen molar-refractivity contribution < 1.29 is 19.1 Å². The van der Waals surface area contributed by atoms with E-state index in [9.17, 15) is 9.59 Å². The van der Waals surface area contributed by atoms with Crippen LogP contribution in [0.4, 0.5) is 5.95 Å². The Morgan fingerprint density at radius 3 is 2.39 bits per heavy atom. The van der Waals surface area contributed by atoms with Gasteiger partial charge in [0.1, 0.15) is 6.33 Å². The highest BCUT2D eigenvalue weighted by Gasteiger charge is 2.42. The average molecular weight is 378 g/mol. The molecule has 0 bridgehead atoms. The Morgan fingerprint density at radius 1 is 0.964 bits per heavy atom. The van der Waals surface area contributed by atoms with Crippen molar-refractivity contribution in [1.82, 2.24) is 14.8 Å².